The van der Waals surface area contributed by atoms with Gasteiger partial charge in [-0.25, -0.2) is 9.37 Å². The molecule has 0 aliphatic carbocycles. The van der Waals surface area contributed by atoms with E-state index < -0.39 is 5.91 Å². The van der Waals surface area contributed by atoms with Crippen molar-refractivity contribution in [1.29, 1.82) is 0 Å². The minimum absolute atomic E-state index is 0.263. The van der Waals surface area contributed by atoms with Gasteiger partial charge in [-0.2, -0.15) is 0 Å². The lowest BCUT2D eigenvalue weighted by Gasteiger charge is -2.11. The first kappa shape index (κ1) is 21.1. The largest absolute Gasteiger partial charge is 0.366 e. The average Bonchev–Trinajstić information content (AvgIpc) is 3.33. The molecule has 2 aromatic heterocycles. The Bertz CT molecular complexity index is 1220. The number of halogens is 2. The van der Waals surface area contributed by atoms with Gasteiger partial charge < -0.3 is 15.6 Å². The Morgan fingerprint density at radius 1 is 1.19 bits per heavy atom. The van der Waals surface area contributed by atoms with Crippen LogP contribution in [0.2, 0.25) is 5.02 Å². The molecule has 158 valence electrons. The minimum atomic E-state index is -0.478. The van der Waals surface area contributed by atoms with E-state index in [2.05, 4.69) is 5.32 Å². The van der Waals surface area contributed by atoms with Gasteiger partial charge in [0.1, 0.15) is 5.82 Å². The van der Waals surface area contributed by atoms with Crippen LogP contribution in [0.25, 0.3) is 11.4 Å². The molecule has 0 fully saturated rings. The molecule has 31 heavy (non-hydrogen) atoms. The highest BCUT2D eigenvalue weighted by molar-refractivity contribution is 7.14. The fourth-order valence-corrected chi connectivity index (χ4v) is 4.24. The molecule has 0 saturated heterocycles. The van der Waals surface area contributed by atoms with Gasteiger partial charge in [0.15, 0.2) is 5.13 Å². The monoisotopic (exact) mass is 454 g/mol. The van der Waals surface area contributed by atoms with Crippen molar-refractivity contribution in [3.8, 4) is 11.4 Å². The van der Waals surface area contributed by atoms with E-state index in [-0.39, 0.29) is 5.82 Å². The van der Waals surface area contributed by atoms with Gasteiger partial charge in [-0.3, -0.25) is 4.79 Å². The van der Waals surface area contributed by atoms with E-state index in [1.54, 1.807) is 18.2 Å². The first-order valence-electron chi connectivity index (χ1n) is 9.63. The number of hydrogen-bond acceptors (Lipinski definition) is 4. The van der Waals surface area contributed by atoms with Crippen LogP contribution in [0, 0.1) is 12.7 Å². The molecule has 5 nitrogen and oxygen atoms in total. The fourth-order valence-electron chi connectivity index (χ4n) is 3.39. The zero-order chi connectivity index (χ0) is 22.0. The van der Waals surface area contributed by atoms with E-state index >= 15 is 0 Å². The predicted octanol–water partition coefficient (Wildman–Crippen LogP) is 5.80. The highest BCUT2D eigenvalue weighted by Gasteiger charge is 2.18. The van der Waals surface area contributed by atoms with Crippen molar-refractivity contribution in [2.75, 3.05) is 5.32 Å². The number of aryl methyl sites for hydroxylation is 1. The molecule has 0 aliphatic heterocycles. The van der Waals surface area contributed by atoms with Crippen LogP contribution in [-0.4, -0.2) is 15.5 Å². The zero-order valence-electron chi connectivity index (χ0n) is 16.7. The van der Waals surface area contributed by atoms with Crippen LogP contribution >= 0.6 is 22.9 Å². The second-order valence-corrected chi connectivity index (χ2v) is 8.39. The van der Waals surface area contributed by atoms with E-state index in [0.29, 0.717) is 23.6 Å². The Labute approximate surface area is 188 Å². The summed E-state index contributed by atoms with van der Waals surface area (Å²) in [4.78, 5) is 16.6. The van der Waals surface area contributed by atoms with Crippen molar-refractivity contribution in [2.45, 2.75) is 19.9 Å². The molecule has 0 radical (unpaired) electrons. The molecular formula is C23H20ClFN4OS. The Morgan fingerprint density at radius 3 is 2.58 bits per heavy atom. The molecule has 1 amide bonds. The zero-order valence-corrected chi connectivity index (χ0v) is 18.3. The minimum Gasteiger partial charge on any atom is -0.366 e. The summed E-state index contributed by atoms with van der Waals surface area (Å²) in [7, 11) is 0. The maximum atomic E-state index is 13.2. The van der Waals surface area contributed by atoms with Crippen LogP contribution < -0.4 is 11.1 Å². The van der Waals surface area contributed by atoms with Crippen molar-refractivity contribution in [3.63, 3.8) is 0 Å². The number of thiazole rings is 1. The third-order valence-electron chi connectivity index (χ3n) is 5.03. The molecular weight excluding hydrogens is 435 g/mol. The maximum Gasteiger partial charge on any atom is 0.250 e. The molecule has 8 heteroatoms. The van der Waals surface area contributed by atoms with Gasteiger partial charge in [-0.05, 0) is 61.4 Å². The number of rotatable bonds is 7. The average molecular weight is 455 g/mol. The fraction of sp³-hybridized carbons (Fsp3) is 0.130. The number of nitrogens with two attached hydrogens (primary N) is 1. The van der Waals surface area contributed by atoms with Gasteiger partial charge in [-0.15, -0.1) is 11.3 Å². The summed E-state index contributed by atoms with van der Waals surface area (Å²) in [5.74, 6) is -0.741. The highest BCUT2D eigenvalue weighted by Crippen LogP contribution is 2.31. The Balaban J connectivity index is 1.61. The molecule has 4 rings (SSSR count). The van der Waals surface area contributed by atoms with Gasteiger partial charge in [0.2, 0.25) is 0 Å². The third-order valence-corrected chi connectivity index (χ3v) is 6.04. The SMILES string of the molecule is Cc1c(C(N)=O)cc(-c2csc(Nc3ccc(Cl)cc3)n2)n1CCc1ccc(F)cc1. The second-order valence-electron chi connectivity index (χ2n) is 7.09. The lowest BCUT2D eigenvalue weighted by atomic mass is 10.1. The van der Waals surface area contributed by atoms with E-state index in [4.69, 9.17) is 22.3 Å². The van der Waals surface area contributed by atoms with Gasteiger partial charge >= 0.3 is 0 Å². The standard InChI is InChI=1S/C23H20ClFN4OS/c1-14-19(22(26)30)12-21(29(14)11-10-15-2-6-17(25)7-3-15)20-13-31-23(28-20)27-18-8-4-16(24)5-9-18/h2-9,12-13H,10-11H2,1H3,(H2,26,30)(H,27,28). The van der Waals surface area contributed by atoms with Gasteiger partial charge in [-0.1, -0.05) is 23.7 Å². The van der Waals surface area contributed by atoms with Crippen LogP contribution in [0.1, 0.15) is 21.6 Å². The number of nitrogens with zero attached hydrogens (tertiary/aromatic N) is 2. The van der Waals surface area contributed by atoms with Crippen molar-refractivity contribution >= 4 is 39.7 Å². The van der Waals surface area contributed by atoms with E-state index in [1.807, 2.05) is 41.1 Å². The van der Waals surface area contributed by atoms with E-state index in [0.717, 1.165) is 33.5 Å². The molecule has 2 heterocycles. The number of benzene rings is 2. The number of aromatic nitrogens is 2. The number of carbonyl (C=O) groups is 1. The number of amides is 1. The van der Waals surface area contributed by atoms with Crippen molar-refractivity contribution < 1.29 is 9.18 Å². The molecule has 4 aromatic rings. The Hall–Kier alpha value is -3.16. The van der Waals surface area contributed by atoms with E-state index in [1.165, 1.54) is 23.5 Å². The smallest absolute Gasteiger partial charge is 0.250 e. The van der Waals surface area contributed by atoms with Gasteiger partial charge in [0.05, 0.1) is 17.0 Å². The lowest BCUT2D eigenvalue weighted by Crippen LogP contribution is -2.13. The summed E-state index contributed by atoms with van der Waals surface area (Å²) in [6.45, 7) is 2.48. The lowest BCUT2D eigenvalue weighted by molar-refractivity contribution is 0.0999. The Morgan fingerprint density at radius 2 is 1.90 bits per heavy atom. The molecule has 0 spiro atoms. The summed E-state index contributed by atoms with van der Waals surface area (Å²) in [6.07, 6.45) is 0.682. The van der Waals surface area contributed by atoms with Crippen molar-refractivity contribution in [2.24, 2.45) is 5.73 Å². The molecule has 0 bridgehead atoms. The summed E-state index contributed by atoms with van der Waals surface area (Å²) in [6, 6.07) is 15.6. The highest BCUT2D eigenvalue weighted by atomic mass is 35.5. The van der Waals surface area contributed by atoms with Crippen LogP contribution in [0.4, 0.5) is 15.2 Å². The topological polar surface area (TPSA) is 72.9 Å². The molecule has 2 aromatic carbocycles. The maximum absolute atomic E-state index is 13.2. The normalized spacial score (nSPS) is 10.9. The van der Waals surface area contributed by atoms with Crippen molar-refractivity contribution in [3.05, 3.63) is 87.6 Å². The second kappa shape index (κ2) is 8.91. The summed E-state index contributed by atoms with van der Waals surface area (Å²) < 4.78 is 15.2. The van der Waals surface area contributed by atoms with Crippen LogP contribution in [-0.2, 0) is 13.0 Å². The van der Waals surface area contributed by atoms with Crippen molar-refractivity contribution in [1.82, 2.24) is 9.55 Å². The number of primary amides is 1. The molecule has 0 saturated carbocycles. The first-order valence-corrected chi connectivity index (χ1v) is 10.9. The summed E-state index contributed by atoms with van der Waals surface area (Å²) in [5, 5.41) is 6.59. The summed E-state index contributed by atoms with van der Waals surface area (Å²) in [5.41, 5.74) is 10.3. The summed E-state index contributed by atoms with van der Waals surface area (Å²) >= 11 is 7.41. The van der Waals surface area contributed by atoms with Crippen LogP contribution in [0.5, 0.6) is 0 Å². The molecule has 3 N–H and O–H groups in total. The number of carbonyl (C=O) groups excluding carboxylic acids is 1. The van der Waals surface area contributed by atoms with Gasteiger partial charge in [0.25, 0.3) is 5.91 Å². The molecule has 0 unspecified atom stereocenters. The number of nitrogens with one attached hydrogen (secondary N) is 1. The van der Waals surface area contributed by atoms with E-state index in [9.17, 15) is 9.18 Å². The molecule has 0 atom stereocenters. The number of hydrogen-bond donors (Lipinski definition) is 2. The molecule has 0 aliphatic rings. The number of anilines is 2. The third kappa shape index (κ3) is 4.78. The predicted molar refractivity (Wildman–Crippen MR) is 124 cm³/mol. The van der Waals surface area contributed by atoms with Crippen LogP contribution in [0.3, 0.4) is 0 Å². The quantitative estimate of drug-likeness (QED) is 0.370. The Kier molecular flexibility index (Phi) is 6.06. The first-order chi connectivity index (χ1) is 14.9. The van der Waals surface area contributed by atoms with Gasteiger partial charge in [0, 0.05) is 28.3 Å². The van der Waals surface area contributed by atoms with Crippen LogP contribution in [0.15, 0.2) is 60.0 Å².